The zero-order chi connectivity index (χ0) is 15.9. The molecule has 3 rings (SSSR count). The van der Waals surface area contributed by atoms with Gasteiger partial charge in [-0.05, 0) is 42.2 Å². The number of hydrogen-bond acceptors (Lipinski definition) is 2. The van der Waals surface area contributed by atoms with Crippen LogP contribution in [-0.2, 0) is 0 Å². The highest BCUT2D eigenvalue weighted by molar-refractivity contribution is 6.07. The smallest absolute Gasteiger partial charge is 0.267 e. The molecule has 0 unspecified atom stereocenters. The van der Waals surface area contributed by atoms with Gasteiger partial charge in [0.1, 0.15) is 0 Å². The molecule has 1 N–H and O–H groups in total. The second-order valence-electron chi connectivity index (χ2n) is 5.32. The number of nitrogens with one attached hydrogen (secondary N) is 1. The van der Waals surface area contributed by atoms with Crippen LogP contribution in [0.4, 0.5) is 0 Å². The molecule has 0 aromatic heterocycles. The van der Waals surface area contributed by atoms with Crippen molar-refractivity contribution in [1.82, 2.24) is 5.43 Å². The van der Waals surface area contributed by atoms with E-state index in [1.807, 2.05) is 36.4 Å². The molecule has 0 heterocycles. The fourth-order valence-corrected chi connectivity index (χ4v) is 2.42. The number of allylic oxidation sites excluding steroid dienone is 3. The van der Waals surface area contributed by atoms with E-state index in [4.69, 9.17) is 0 Å². The van der Waals surface area contributed by atoms with Crippen LogP contribution >= 0.6 is 0 Å². The summed E-state index contributed by atoms with van der Waals surface area (Å²) in [5.41, 5.74) is 6.33. The number of benzene rings is 2. The minimum absolute atomic E-state index is 0.188. The number of hydrazone groups is 1. The third-order valence-corrected chi connectivity index (χ3v) is 3.63. The van der Waals surface area contributed by atoms with Crippen molar-refractivity contribution in [3.63, 3.8) is 0 Å². The molecule has 0 radical (unpaired) electrons. The van der Waals surface area contributed by atoms with Crippen LogP contribution in [0.5, 0.6) is 0 Å². The lowest BCUT2D eigenvalue weighted by atomic mass is 9.97. The Labute approximate surface area is 136 Å². The largest absolute Gasteiger partial charge is 0.271 e. The molecule has 0 atom stereocenters. The van der Waals surface area contributed by atoms with Crippen LogP contribution in [0.1, 0.15) is 28.8 Å². The van der Waals surface area contributed by atoms with Gasteiger partial charge in [0.25, 0.3) is 5.91 Å². The molecule has 3 nitrogen and oxygen atoms in total. The third kappa shape index (κ3) is 4.04. The molecule has 2 aromatic carbocycles. The van der Waals surface area contributed by atoms with Crippen molar-refractivity contribution in [2.75, 3.05) is 0 Å². The lowest BCUT2D eigenvalue weighted by Crippen LogP contribution is -2.20. The molecule has 1 aliphatic rings. The molecule has 1 amide bonds. The monoisotopic (exact) mass is 302 g/mol. The van der Waals surface area contributed by atoms with Crippen LogP contribution in [0.15, 0.2) is 83.5 Å². The van der Waals surface area contributed by atoms with Gasteiger partial charge in [-0.1, -0.05) is 60.7 Å². The Morgan fingerprint density at radius 1 is 1.00 bits per heavy atom. The standard InChI is InChI=1S/C20H18N2O/c23-20(17-11-5-2-6-12-17)22-21-19-14-8-7-13-18(19)15-16-9-3-1-4-10-16/h1-7,9-13,15H,8,14H2,(H,22,23)/b18-15+,21-19+. The summed E-state index contributed by atoms with van der Waals surface area (Å²) in [5.74, 6) is -0.188. The van der Waals surface area contributed by atoms with Crippen LogP contribution in [-0.4, -0.2) is 11.6 Å². The van der Waals surface area contributed by atoms with Gasteiger partial charge in [0.05, 0.1) is 5.71 Å². The Morgan fingerprint density at radius 2 is 1.70 bits per heavy atom. The number of rotatable bonds is 3. The summed E-state index contributed by atoms with van der Waals surface area (Å²) >= 11 is 0. The van der Waals surface area contributed by atoms with Crippen LogP contribution in [0, 0.1) is 0 Å². The molecule has 0 aliphatic heterocycles. The maximum absolute atomic E-state index is 12.1. The molecular formula is C20H18N2O. The Bertz CT molecular complexity index is 759. The first kappa shape index (κ1) is 15.0. The summed E-state index contributed by atoms with van der Waals surface area (Å²) in [7, 11) is 0. The van der Waals surface area contributed by atoms with Crippen LogP contribution < -0.4 is 5.43 Å². The second kappa shape index (κ2) is 7.36. The molecule has 23 heavy (non-hydrogen) atoms. The molecule has 3 heteroatoms. The first-order valence-corrected chi connectivity index (χ1v) is 7.68. The highest BCUT2D eigenvalue weighted by atomic mass is 16.2. The Hall–Kier alpha value is -2.94. The van der Waals surface area contributed by atoms with Gasteiger partial charge >= 0.3 is 0 Å². The molecule has 0 saturated carbocycles. The van der Waals surface area contributed by atoms with E-state index in [2.05, 4.69) is 40.9 Å². The summed E-state index contributed by atoms with van der Waals surface area (Å²) in [4.78, 5) is 12.1. The normalized spacial score (nSPS) is 17.4. The highest BCUT2D eigenvalue weighted by Gasteiger charge is 2.10. The van der Waals surface area contributed by atoms with Gasteiger partial charge < -0.3 is 0 Å². The maximum atomic E-state index is 12.1. The predicted octanol–water partition coefficient (Wildman–Crippen LogP) is 4.21. The summed E-state index contributed by atoms with van der Waals surface area (Å²) in [6.45, 7) is 0. The molecule has 0 spiro atoms. The van der Waals surface area contributed by atoms with E-state index in [1.165, 1.54) is 0 Å². The van der Waals surface area contributed by atoms with Crippen molar-refractivity contribution < 1.29 is 4.79 Å². The summed E-state index contributed by atoms with van der Waals surface area (Å²) < 4.78 is 0. The minimum Gasteiger partial charge on any atom is -0.267 e. The van der Waals surface area contributed by atoms with Gasteiger partial charge in [-0.2, -0.15) is 5.10 Å². The van der Waals surface area contributed by atoms with Crippen molar-refractivity contribution >= 4 is 17.7 Å². The van der Waals surface area contributed by atoms with Crippen LogP contribution in [0.3, 0.4) is 0 Å². The van der Waals surface area contributed by atoms with E-state index in [1.54, 1.807) is 12.1 Å². The zero-order valence-electron chi connectivity index (χ0n) is 12.8. The Balaban J connectivity index is 1.78. The SMILES string of the molecule is O=C(N/N=C1\CCC=C\C1=C/c1ccccc1)c1ccccc1. The fraction of sp³-hybridized carbons (Fsp3) is 0.100. The fourth-order valence-electron chi connectivity index (χ4n) is 2.42. The van der Waals surface area contributed by atoms with Gasteiger partial charge in [-0.25, -0.2) is 5.43 Å². The van der Waals surface area contributed by atoms with Crippen LogP contribution in [0.25, 0.3) is 6.08 Å². The number of hydrogen-bond donors (Lipinski definition) is 1. The van der Waals surface area contributed by atoms with E-state index in [-0.39, 0.29) is 5.91 Å². The Kier molecular flexibility index (Phi) is 4.79. The number of amides is 1. The van der Waals surface area contributed by atoms with Crippen molar-refractivity contribution in [2.24, 2.45) is 5.10 Å². The van der Waals surface area contributed by atoms with E-state index in [0.29, 0.717) is 5.56 Å². The summed E-state index contributed by atoms with van der Waals surface area (Å²) in [5, 5.41) is 4.33. The van der Waals surface area contributed by atoms with Crippen molar-refractivity contribution in [3.05, 3.63) is 89.5 Å². The van der Waals surface area contributed by atoms with Gasteiger partial charge in [-0.3, -0.25) is 4.79 Å². The van der Waals surface area contributed by atoms with Crippen LogP contribution in [0.2, 0.25) is 0 Å². The van der Waals surface area contributed by atoms with E-state index in [0.717, 1.165) is 29.7 Å². The van der Waals surface area contributed by atoms with Gasteiger partial charge in [0.15, 0.2) is 0 Å². The predicted molar refractivity (Wildman–Crippen MR) is 94.1 cm³/mol. The first-order valence-electron chi connectivity index (χ1n) is 7.68. The molecule has 0 fully saturated rings. The topological polar surface area (TPSA) is 41.5 Å². The zero-order valence-corrected chi connectivity index (χ0v) is 12.8. The number of carbonyl (C=O) groups excluding carboxylic acids is 1. The van der Waals surface area contributed by atoms with Crippen molar-refractivity contribution in [2.45, 2.75) is 12.8 Å². The molecule has 0 saturated heterocycles. The van der Waals surface area contributed by atoms with E-state index in [9.17, 15) is 4.79 Å². The molecule has 114 valence electrons. The molecule has 2 aromatic rings. The summed E-state index contributed by atoms with van der Waals surface area (Å²) in [6.07, 6.45) is 8.04. The average molecular weight is 302 g/mol. The van der Waals surface area contributed by atoms with Crippen molar-refractivity contribution in [1.29, 1.82) is 0 Å². The number of nitrogens with zero attached hydrogens (tertiary/aromatic N) is 1. The first-order chi connectivity index (χ1) is 11.3. The minimum atomic E-state index is -0.188. The number of carbonyl (C=O) groups is 1. The Morgan fingerprint density at radius 3 is 2.43 bits per heavy atom. The van der Waals surface area contributed by atoms with E-state index < -0.39 is 0 Å². The van der Waals surface area contributed by atoms with Crippen molar-refractivity contribution in [3.8, 4) is 0 Å². The highest BCUT2D eigenvalue weighted by Crippen LogP contribution is 2.17. The quantitative estimate of drug-likeness (QED) is 0.848. The third-order valence-electron chi connectivity index (χ3n) is 3.63. The summed E-state index contributed by atoms with van der Waals surface area (Å²) in [6, 6.07) is 19.2. The van der Waals surface area contributed by atoms with Gasteiger partial charge in [0.2, 0.25) is 0 Å². The second-order valence-corrected chi connectivity index (χ2v) is 5.32. The van der Waals surface area contributed by atoms with E-state index >= 15 is 0 Å². The van der Waals surface area contributed by atoms with Gasteiger partial charge in [-0.15, -0.1) is 0 Å². The molecule has 1 aliphatic carbocycles. The molecule has 0 bridgehead atoms. The lowest BCUT2D eigenvalue weighted by Gasteiger charge is -2.12. The average Bonchev–Trinajstić information content (AvgIpc) is 2.62. The lowest BCUT2D eigenvalue weighted by molar-refractivity contribution is 0.0955. The maximum Gasteiger partial charge on any atom is 0.271 e. The molecular weight excluding hydrogens is 284 g/mol. The van der Waals surface area contributed by atoms with Gasteiger partial charge in [0, 0.05) is 5.56 Å².